The number of nitrogens with two attached hydrogens (primary N) is 1. The Balaban J connectivity index is 1.92. The molecular formula is C14H13BrN4OS. The van der Waals surface area contributed by atoms with Crippen LogP contribution in [0.2, 0.25) is 0 Å². The van der Waals surface area contributed by atoms with Crippen molar-refractivity contribution in [2.45, 2.75) is 13.5 Å². The molecule has 0 saturated carbocycles. The molecule has 0 aliphatic rings. The van der Waals surface area contributed by atoms with Crippen molar-refractivity contribution in [3.05, 3.63) is 39.9 Å². The molecule has 0 unspecified atom stereocenters. The van der Waals surface area contributed by atoms with Crippen LogP contribution in [-0.4, -0.2) is 15.7 Å². The fourth-order valence-electron chi connectivity index (χ4n) is 2.05. The average Bonchev–Trinajstić information content (AvgIpc) is 3.03. The first-order valence-corrected chi connectivity index (χ1v) is 8.00. The third kappa shape index (κ3) is 2.66. The second-order valence-electron chi connectivity index (χ2n) is 4.52. The Bertz CT molecular complexity index is 824. The van der Waals surface area contributed by atoms with E-state index in [1.54, 1.807) is 17.1 Å². The van der Waals surface area contributed by atoms with Gasteiger partial charge in [-0.25, -0.2) is 0 Å². The van der Waals surface area contributed by atoms with Gasteiger partial charge in [0.2, 0.25) is 0 Å². The zero-order valence-electron chi connectivity index (χ0n) is 11.3. The van der Waals surface area contributed by atoms with Gasteiger partial charge >= 0.3 is 0 Å². The first-order chi connectivity index (χ1) is 10.1. The summed E-state index contributed by atoms with van der Waals surface area (Å²) in [4.78, 5) is 12.9. The smallest absolute Gasteiger partial charge is 0.267 e. The number of nitrogens with one attached hydrogen (secondary N) is 1. The van der Waals surface area contributed by atoms with Crippen molar-refractivity contribution in [1.29, 1.82) is 0 Å². The van der Waals surface area contributed by atoms with E-state index in [1.165, 1.54) is 11.3 Å². The van der Waals surface area contributed by atoms with E-state index in [2.05, 4.69) is 26.3 Å². The van der Waals surface area contributed by atoms with E-state index in [1.807, 2.05) is 25.1 Å². The van der Waals surface area contributed by atoms with Crippen LogP contribution in [0.4, 0.5) is 11.4 Å². The molecular weight excluding hydrogens is 352 g/mol. The molecule has 5 nitrogen and oxygen atoms in total. The highest BCUT2D eigenvalue weighted by Gasteiger charge is 2.17. The maximum absolute atomic E-state index is 12.4. The Morgan fingerprint density at radius 2 is 2.33 bits per heavy atom. The van der Waals surface area contributed by atoms with E-state index >= 15 is 0 Å². The van der Waals surface area contributed by atoms with Crippen LogP contribution in [0.3, 0.4) is 0 Å². The van der Waals surface area contributed by atoms with Crippen molar-refractivity contribution < 1.29 is 4.79 Å². The minimum absolute atomic E-state index is 0.208. The van der Waals surface area contributed by atoms with Gasteiger partial charge in [0.1, 0.15) is 4.88 Å². The average molecular weight is 365 g/mol. The maximum Gasteiger partial charge on any atom is 0.267 e. The number of benzene rings is 1. The van der Waals surface area contributed by atoms with Crippen molar-refractivity contribution >= 4 is 54.6 Å². The minimum Gasteiger partial charge on any atom is -0.397 e. The second kappa shape index (κ2) is 5.50. The molecule has 3 aromatic rings. The van der Waals surface area contributed by atoms with Crippen molar-refractivity contribution in [2.75, 3.05) is 11.1 Å². The van der Waals surface area contributed by atoms with E-state index in [4.69, 9.17) is 5.73 Å². The topological polar surface area (TPSA) is 72.9 Å². The van der Waals surface area contributed by atoms with Crippen LogP contribution in [0.1, 0.15) is 16.6 Å². The van der Waals surface area contributed by atoms with Crippen LogP contribution in [0.25, 0.3) is 10.1 Å². The molecule has 7 heteroatoms. The number of nitrogen functional groups attached to an aromatic ring is 1. The van der Waals surface area contributed by atoms with Crippen LogP contribution < -0.4 is 11.1 Å². The summed E-state index contributed by atoms with van der Waals surface area (Å²) in [5, 5.41) is 7.85. The minimum atomic E-state index is -0.208. The first kappa shape index (κ1) is 14.1. The summed E-state index contributed by atoms with van der Waals surface area (Å²) in [5.74, 6) is -0.208. The third-order valence-corrected chi connectivity index (χ3v) is 4.77. The van der Waals surface area contributed by atoms with Crippen LogP contribution in [-0.2, 0) is 6.54 Å². The highest BCUT2D eigenvalue weighted by Crippen LogP contribution is 2.35. The molecule has 0 aliphatic carbocycles. The van der Waals surface area contributed by atoms with Crippen molar-refractivity contribution in [2.24, 2.45) is 0 Å². The lowest BCUT2D eigenvalue weighted by Gasteiger charge is -2.00. The Hall–Kier alpha value is -1.86. The van der Waals surface area contributed by atoms with Gasteiger partial charge in [-0.2, -0.15) is 5.10 Å². The van der Waals surface area contributed by atoms with Crippen molar-refractivity contribution in [3.8, 4) is 0 Å². The number of carbonyl (C=O) groups is 1. The molecule has 1 aromatic carbocycles. The largest absolute Gasteiger partial charge is 0.397 e. The summed E-state index contributed by atoms with van der Waals surface area (Å²) in [5.41, 5.74) is 7.27. The fraction of sp³-hybridized carbons (Fsp3) is 0.143. The predicted molar refractivity (Wildman–Crippen MR) is 89.8 cm³/mol. The molecule has 2 aromatic heterocycles. The van der Waals surface area contributed by atoms with Crippen LogP contribution in [0.15, 0.2) is 35.1 Å². The predicted octanol–water partition coefficient (Wildman–Crippen LogP) is 3.71. The van der Waals surface area contributed by atoms with Crippen LogP contribution in [0, 0.1) is 0 Å². The number of nitrogens with zero attached hydrogens (tertiary/aromatic N) is 2. The van der Waals surface area contributed by atoms with Crippen molar-refractivity contribution in [3.63, 3.8) is 0 Å². The number of hydrogen-bond acceptors (Lipinski definition) is 4. The molecule has 2 heterocycles. The first-order valence-electron chi connectivity index (χ1n) is 6.40. The number of carbonyl (C=O) groups excluding carboxylic acids is 1. The number of aromatic nitrogens is 2. The van der Waals surface area contributed by atoms with E-state index in [-0.39, 0.29) is 5.91 Å². The van der Waals surface area contributed by atoms with E-state index < -0.39 is 0 Å². The second-order valence-corrected chi connectivity index (χ2v) is 6.49. The van der Waals surface area contributed by atoms with Gasteiger partial charge < -0.3 is 11.1 Å². The molecule has 3 rings (SSSR count). The Morgan fingerprint density at radius 1 is 1.52 bits per heavy atom. The summed E-state index contributed by atoms with van der Waals surface area (Å²) in [7, 11) is 0. The summed E-state index contributed by atoms with van der Waals surface area (Å²) in [6, 6.07) is 5.79. The van der Waals surface area contributed by atoms with Crippen molar-refractivity contribution in [1.82, 2.24) is 9.78 Å². The molecule has 0 spiro atoms. The van der Waals surface area contributed by atoms with Gasteiger partial charge in [-0.3, -0.25) is 9.48 Å². The van der Waals surface area contributed by atoms with Gasteiger partial charge in [0.25, 0.3) is 5.91 Å². The number of halogens is 1. The van der Waals surface area contributed by atoms with Gasteiger partial charge in [-0.1, -0.05) is 22.0 Å². The molecule has 1 amide bonds. The highest BCUT2D eigenvalue weighted by atomic mass is 79.9. The molecule has 0 atom stereocenters. The summed E-state index contributed by atoms with van der Waals surface area (Å²) in [6.45, 7) is 2.75. The SMILES string of the molecule is CCn1cc(NC(=O)c2sc3cc(Br)ccc3c2N)cn1. The maximum atomic E-state index is 12.4. The molecule has 0 saturated heterocycles. The van der Waals surface area contributed by atoms with Crippen LogP contribution >= 0.6 is 27.3 Å². The highest BCUT2D eigenvalue weighted by molar-refractivity contribution is 9.10. The number of thiophene rings is 1. The van der Waals surface area contributed by atoms with Crippen LogP contribution in [0.5, 0.6) is 0 Å². The fourth-order valence-corrected chi connectivity index (χ4v) is 3.62. The molecule has 21 heavy (non-hydrogen) atoms. The summed E-state index contributed by atoms with van der Waals surface area (Å²) < 4.78 is 3.70. The zero-order valence-corrected chi connectivity index (χ0v) is 13.7. The Labute approximate surface area is 133 Å². The molecule has 108 valence electrons. The lowest BCUT2D eigenvalue weighted by Crippen LogP contribution is -2.11. The summed E-state index contributed by atoms with van der Waals surface area (Å²) >= 11 is 4.81. The molecule has 0 radical (unpaired) electrons. The lowest BCUT2D eigenvalue weighted by atomic mass is 10.2. The van der Waals surface area contributed by atoms with Gasteiger partial charge in [0.05, 0.1) is 17.6 Å². The number of rotatable bonds is 3. The Kier molecular flexibility index (Phi) is 3.69. The third-order valence-electron chi connectivity index (χ3n) is 3.11. The number of fused-ring (bicyclic) bond motifs is 1. The molecule has 0 aliphatic heterocycles. The van der Waals surface area contributed by atoms with Gasteiger partial charge in [-0.05, 0) is 19.1 Å². The van der Waals surface area contributed by atoms with E-state index in [9.17, 15) is 4.79 Å². The van der Waals surface area contributed by atoms with Gasteiger partial charge in [0.15, 0.2) is 0 Å². The summed E-state index contributed by atoms with van der Waals surface area (Å²) in [6.07, 6.45) is 3.42. The van der Waals surface area contributed by atoms with E-state index in [0.29, 0.717) is 16.3 Å². The number of amides is 1. The molecule has 0 bridgehead atoms. The quantitative estimate of drug-likeness (QED) is 0.743. The number of aryl methyl sites for hydroxylation is 1. The van der Waals surface area contributed by atoms with E-state index in [0.717, 1.165) is 21.1 Å². The van der Waals surface area contributed by atoms with Gasteiger partial charge in [-0.15, -0.1) is 11.3 Å². The normalized spacial score (nSPS) is 11.0. The zero-order chi connectivity index (χ0) is 15.0. The number of hydrogen-bond donors (Lipinski definition) is 2. The molecule has 0 fully saturated rings. The Morgan fingerprint density at radius 3 is 3.05 bits per heavy atom. The number of anilines is 2. The molecule has 3 N–H and O–H groups in total. The monoisotopic (exact) mass is 364 g/mol. The van der Waals surface area contributed by atoms with Gasteiger partial charge in [0, 0.05) is 27.3 Å². The lowest BCUT2D eigenvalue weighted by molar-refractivity contribution is 0.103. The standard InChI is InChI=1S/C14H13BrN4OS/c1-2-19-7-9(6-17-19)18-14(20)13-12(16)10-4-3-8(15)5-11(10)21-13/h3-7H,2,16H2,1H3,(H,18,20).